The summed E-state index contributed by atoms with van der Waals surface area (Å²) in [7, 11) is 2.88. The van der Waals surface area contributed by atoms with E-state index < -0.39 is 23.5 Å². The topological polar surface area (TPSA) is 92.8 Å². The maximum atomic E-state index is 14.5. The number of hydrogen-bond donors (Lipinski definition) is 3. The Morgan fingerprint density at radius 1 is 1.03 bits per heavy atom. The van der Waals surface area contributed by atoms with E-state index in [0.29, 0.717) is 33.7 Å². The molecule has 1 aromatic heterocycles. The normalized spacial score (nSPS) is 11.4. The lowest BCUT2D eigenvalue weighted by atomic mass is 9.95. The number of carbonyl (C=O) groups excluding carboxylic acids is 1. The summed E-state index contributed by atoms with van der Waals surface area (Å²) in [5.74, 6) is -0.346. The molecule has 0 saturated heterocycles. The molecule has 3 aromatic carbocycles. The third-order valence-electron chi connectivity index (χ3n) is 5.71. The molecule has 0 radical (unpaired) electrons. The van der Waals surface area contributed by atoms with E-state index in [-0.39, 0.29) is 30.0 Å². The number of aliphatic hydroxyl groups is 1. The molecule has 1 unspecified atom stereocenters. The van der Waals surface area contributed by atoms with E-state index >= 15 is 0 Å². The van der Waals surface area contributed by atoms with Crippen LogP contribution in [0.2, 0.25) is 0 Å². The van der Waals surface area contributed by atoms with Crippen LogP contribution in [0.15, 0.2) is 54.7 Å². The van der Waals surface area contributed by atoms with Crippen molar-refractivity contribution in [3.63, 3.8) is 0 Å². The molecule has 7 nitrogen and oxygen atoms in total. The van der Waals surface area contributed by atoms with Crippen LogP contribution in [-0.4, -0.2) is 43.3 Å². The molecule has 0 saturated carbocycles. The van der Waals surface area contributed by atoms with E-state index in [2.05, 4.69) is 10.3 Å². The Labute approximate surface area is 220 Å². The number of aliphatic hydroxyl groups excluding tert-OH is 1. The van der Waals surface area contributed by atoms with Gasteiger partial charge in [-0.2, -0.15) is 0 Å². The number of Topliss-reactive ketones (excluding diaryl/α,β-unsaturated/α-hetero) is 1. The second kappa shape index (κ2) is 12.9. The fourth-order valence-electron chi connectivity index (χ4n) is 4.08. The van der Waals surface area contributed by atoms with Crippen molar-refractivity contribution in [3.8, 4) is 17.2 Å². The van der Waals surface area contributed by atoms with E-state index in [4.69, 9.17) is 19.3 Å². The molecule has 1 atom stereocenters. The molecule has 0 aliphatic heterocycles. The summed E-state index contributed by atoms with van der Waals surface area (Å²) >= 11 is 0. The van der Waals surface area contributed by atoms with Gasteiger partial charge in [-0.1, -0.05) is 13.8 Å². The van der Waals surface area contributed by atoms with Crippen LogP contribution in [0.4, 0.5) is 14.5 Å². The average Bonchev–Trinajstić information content (AvgIpc) is 3.35. The quantitative estimate of drug-likeness (QED) is 0.213. The molecule has 0 bridgehead atoms. The zero-order chi connectivity index (χ0) is 27.8. The number of anilines is 1. The largest absolute Gasteiger partial charge is 0.497 e. The lowest BCUT2D eigenvalue weighted by Crippen LogP contribution is -2.22. The number of benzene rings is 3. The number of rotatable bonds is 10. The maximum Gasteiger partial charge on any atom is 0.191 e. The highest BCUT2D eigenvalue weighted by Gasteiger charge is 2.28. The Morgan fingerprint density at radius 2 is 1.76 bits per heavy atom. The highest BCUT2D eigenvalue weighted by atomic mass is 19.1. The number of H-pyrrole nitrogens is 1. The number of aryl methyl sites for hydroxylation is 1. The van der Waals surface area contributed by atoms with Gasteiger partial charge in [0.1, 0.15) is 41.5 Å². The zero-order valence-corrected chi connectivity index (χ0v) is 22.0. The van der Waals surface area contributed by atoms with Gasteiger partial charge in [0.15, 0.2) is 5.78 Å². The van der Waals surface area contributed by atoms with Crippen molar-refractivity contribution < 1.29 is 32.9 Å². The lowest BCUT2D eigenvalue weighted by Gasteiger charge is -2.22. The lowest BCUT2D eigenvalue weighted by molar-refractivity contribution is 0.0970. The van der Waals surface area contributed by atoms with Crippen molar-refractivity contribution >= 4 is 22.4 Å². The molecule has 0 amide bonds. The standard InChI is InChI=1S/C27H26F2N2O5.C2H6/c1-15-8-21-22(14-30-25(21)23(29)9-15)27(33)26(20-5-4-16(28)10-24(20)35-3)31-17-11-18(34-2)13-19(12-17)36-7-6-32;1-2/h4-5,8-14,26,30-32H,6-7H2,1-3H3;1-2H3. The van der Waals surface area contributed by atoms with Crippen LogP contribution in [0.1, 0.15) is 41.4 Å². The number of halogens is 2. The first-order valence-electron chi connectivity index (χ1n) is 12.2. The first-order valence-corrected chi connectivity index (χ1v) is 12.2. The second-order valence-corrected chi connectivity index (χ2v) is 8.17. The van der Waals surface area contributed by atoms with Crippen molar-refractivity contribution in [3.05, 3.63) is 83.1 Å². The minimum Gasteiger partial charge on any atom is -0.497 e. The minimum atomic E-state index is -1.04. The van der Waals surface area contributed by atoms with Crippen LogP contribution in [0.3, 0.4) is 0 Å². The Bertz CT molecular complexity index is 1400. The van der Waals surface area contributed by atoms with E-state index in [1.807, 2.05) is 13.8 Å². The molecular weight excluding hydrogens is 494 g/mol. The van der Waals surface area contributed by atoms with Gasteiger partial charge in [-0.05, 0) is 36.8 Å². The molecule has 1 heterocycles. The average molecular weight is 527 g/mol. The van der Waals surface area contributed by atoms with Crippen LogP contribution in [0, 0.1) is 18.6 Å². The van der Waals surface area contributed by atoms with Gasteiger partial charge in [-0.25, -0.2) is 8.78 Å². The Morgan fingerprint density at radius 3 is 2.45 bits per heavy atom. The van der Waals surface area contributed by atoms with Gasteiger partial charge in [-0.15, -0.1) is 0 Å². The monoisotopic (exact) mass is 526 g/mol. The molecular formula is C29H32F2N2O5. The van der Waals surface area contributed by atoms with E-state index in [0.717, 1.165) is 0 Å². The summed E-state index contributed by atoms with van der Waals surface area (Å²) in [6.07, 6.45) is 1.46. The molecule has 4 rings (SSSR count). The van der Waals surface area contributed by atoms with Crippen LogP contribution in [0.25, 0.3) is 10.9 Å². The first kappa shape index (κ1) is 28.5. The van der Waals surface area contributed by atoms with Crippen LogP contribution < -0.4 is 19.5 Å². The fourth-order valence-corrected chi connectivity index (χ4v) is 4.08. The predicted molar refractivity (Wildman–Crippen MR) is 144 cm³/mol. The first-order chi connectivity index (χ1) is 18.3. The van der Waals surface area contributed by atoms with Crippen molar-refractivity contribution in [2.24, 2.45) is 0 Å². The number of carbonyl (C=O) groups is 1. The third-order valence-corrected chi connectivity index (χ3v) is 5.71. The Balaban J connectivity index is 0.00000195. The van der Waals surface area contributed by atoms with Crippen molar-refractivity contribution in [2.75, 3.05) is 32.8 Å². The molecule has 0 aliphatic rings. The number of ether oxygens (including phenoxy) is 3. The van der Waals surface area contributed by atoms with Crippen molar-refractivity contribution in [1.29, 1.82) is 0 Å². The van der Waals surface area contributed by atoms with E-state index in [9.17, 15) is 13.6 Å². The van der Waals surface area contributed by atoms with Crippen LogP contribution in [-0.2, 0) is 0 Å². The molecule has 202 valence electrons. The van der Waals surface area contributed by atoms with Gasteiger partial charge in [0.25, 0.3) is 0 Å². The maximum absolute atomic E-state index is 14.5. The number of aromatic amines is 1. The SMILES string of the molecule is CC.COc1cc(NC(C(=O)c2c[nH]c3c(F)cc(C)cc23)c2ccc(F)cc2OC)cc(OCCO)c1. The number of aromatic nitrogens is 1. The molecule has 0 spiro atoms. The number of methoxy groups -OCH3 is 2. The van der Waals surface area contributed by atoms with E-state index in [1.54, 1.807) is 31.2 Å². The van der Waals surface area contributed by atoms with Crippen LogP contribution in [0.5, 0.6) is 17.2 Å². The summed E-state index contributed by atoms with van der Waals surface area (Å²) < 4.78 is 44.8. The van der Waals surface area contributed by atoms with Gasteiger partial charge in [0.2, 0.25) is 0 Å². The zero-order valence-electron chi connectivity index (χ0n) is 22.0. The van der Waals surface area contributed by atoms with Crippen LogP contribution >= 0.6 is 0 Å². The minimum absolute atomic E-state index is 0.0704. The second-order valence-electron chi connectivity index (χ2n) is 8.17. The number of fused-ring (bicyclic) bond motifs is 1. The smallest absolute Gasteiger partial charge is 0.191 e. The Kier molecular flexibility index (Phi) is 9.67. The highest BCUT2D eigenvalue weighted by molar-refractivity contribution is 6.12. The number of ketones is 1. The number of hydrogen-bond acceptors (Lipinski definition) is 6. The molecule has 0 aliphatic carbocycles. The molecule has 3 N–H and O–H groups in total. The van der Waals surface area contributed by atoms with Crippen molar-refractivity contribution in [1.82, 2.24) is 4.98 Å². The van der Waals surface area contributed by atoms with Gasteiger partial charge in [0, 0.05) is 52.7 Å². The summed E-state index contributed by atoms with van der Waals surface area (Å²) in [6, 6.07) is 10.9. The summed E-state index contributed by atoms with van der Waals surface area (Å²) in [5, 5.41) is 12.7. The van der Waals surface area contributed by atoms with Gasteiger partial charge < -0.3 is 29.6 Å². The van der Waals surface area contributed by atoms with Gasteiger partial charge in [0.05, 0.1) is 26.3 Å². The summed E-state index contributed by atoms with van der Waals surface area (Å²) in [6.45, 7) is 5.64. The predicted octanol–water partition coefficient (Wildman–Crippen LogP) is 6.21. The molecule has 38 heavy (non-hydrogen) atoms. The number of nitrogens with one attached hydrogen (secondary N) is 2. The third kappa shape index (κ3) is 6.23. The van der Waals surface area contributed by atoms with Gasteiger partial charge in [-0.3, -0.25) is 4.79 Å². The molecule has 4 aromatic rings. The van der Waals surface area contributed by atoms with Crippen molar-refractivity contribution in [2.45, 2.75) is 26.8 Å². The summed E-state index contributed by atoms with van der Waals surface area (Å²) in [5.41, 5.74) is 1.99. The molecule has 0 fully saturated rings. The molecule has 9 heteroatoms. The van der Waals surface area contributed by atoms with E-state index in [1.165, 1.54) is 44.7 Å². The Hall–Kier alpha value is -4.11. The fraction of sp³-hybridized carbons (Fsp3) is 0.276. The van der Waals surface area contributed by atoms with Gasteiger partial charge >= 0.3 is 0 Å². The highest BCUT2D eigenvalue weighted by Crippen LogP contribution is 2.35. The summed E-state index contributed by atoms with van der Waals surface area (Å²) in [4.78, 5) is 16.8.